The van der Waals surface area contributed by atoms with Gasteiger partial charge in [-0.1, -0.05) is 12.8 Å². The van der Waals surface area contributed by atoms with Crippen LogP contribution in [0.1, 0.15) is 24.8 Å². The lowest BCUT2D eigenvalue weighted by molar-refractivity contribution is 0.566. The smallest absolute Gasteiger partial charge is 0.0522 e. The molecule has 0 amide bonds. The highest BCUT2D eigenvalue weighted by Gasteiger charge is 2.23. The standard InChI is InChI=1S/C10H17N3/c1-13-7-9(6-12-13)5-10(11)4-8-2-3-8/h6-8,10H,2-5,11H2,1H3. The maximum Gasteiger partial charge on any atom is 0.0522 e. The quantitative estimate of drug-likeness (QED) is 0.752. The van der Waals surface area contributed by atoms with E-state index in [1.54, 1.807) is 0 Å². The van der Waals surface area contributed by atoms with Crippen LogP contribution in [0.15, 0.2) is 12.4 Å². The molecule has 0 bridgehead atoms. The van der Waals surface area contributed by atoms with Gasteiger partial charge in [-0.05, 0) is 24.3 Å². The predicted molar refractivity (Wildman–Crippen MR) is 52.2 cm³/mol. The second-order valence-electron chi connectivity index (χ2n) is 4.17. The molecular weight excluding hydrogens is 162 g/mol. The molecule has 1 aliphatic carbocycles. The summed E-state index contributed by atoms with van der Waals surface area (Å²) in [5.41, 5.74) is 7.28. The molecule has 3 heteroatoms. The summed E-state index contributed by atoms with van der Waals surface area (Å²) in [6.07, 6.45) is 8.90. The third-order valence-corrected chi connectivity index (χ3v) is 2.59. The van der Waals surface area contributed by atoms with Crippen LogP contribution in [0.5, 0.6) is 0 Å². The molecule has 1 unspecified atom stereocenters. The number of hydrogen-bond donors (Lipinski definition) is 1. The average Bonchev–Trinajstić information content (AvgIpc) is 2.76. The van der Waals surface area contributed by atoms with Crippen molar-refractivity contribution in [1.29, 1.82) is 0 Å². The van der Waals surface area contributed by atoms with Crippen molar-refractivity contribution in [3.05, 3.63) is 18.0 Å². The van der Waals surface area contributed by atoms with Crippen LogP contribution in [0.25, 0.3) is 0 Å². The summed E-state index contributed by atoms with van der Waals surface area (Å²) < 4.78 is 1.83. The van der Waals surface area contributed by atoms with Gasteiger partial charge in [0.25, 0.3) is 0 Å². The molecular formula is C10H17N3. The fraction of sp³-hybridized carbons (Fsp3) is 0.700. The Labute approximate surface area is 78.9 Å². The summed E-state index contributed by atoms with van der Waals surface area (Å²) in [6.45, 7) is 0. The minimum absolute atomic E-state index is 0.330. The molecule has 1 aromatic rings. The van der Waals surface area contributed by atoms with E-state index in [0.29, 0.717) is 6.04 Å². The van der Waals surface area contributed by atoms with Crippen molar-refractivity contribution in [3.63, 3.8) is 0 Å². The topological polar surface area (TPSA) is 43.8 Å². The maximum absolute atomic E-state index is 6.02. The molecule has 1 atom stereocenters. The molecule has 1 heterocycles. The van der Waals surface area contributed by atoms with E-state index in [-0.39, 0.29) is 0 Å². The summed E-state index contributed by atoms with van der Waals surface area (Å²) in [6, 6.07) is 0.330. The van der Waals surface area contributed by atoms with Crippen molar-refractivity contribution in [2.45, 2.75) is 31.7 Å². The largest absolute Gasteiger partial charge is 0.327 e. The average molecular weight is 179 g/mol. The first-order chi connectivity index (χ1) is 6.24. The first-order valence-electron chi connectivity index (χ1n) is 4.97. The minimum Gasteiger partial charge on any atom is -0.327 e. The number of hydrogen-bond acceptors (Lipinski definition) is 2. The van der Waals surface area contributed by atoms with E-state index >= 15 is 0 Å². The number of rotatable bonds is 4. The van der Waals surface area contributed by atoms with E-state index in [2.05, 4.69) is 5.10 Å². The zero-order valence-electron chi connectivity index (χ0n) is 8.11. The summed E-state index contributed by atoms with van der Waals surface area (Å²) in [5, 5.41) is 4.13. The SMILES string of the molecule is Cn1cc(CC(N)CC2CC2)cn1. The highest BCUT2D eigenvalue weighted by Crippen LogP contribution is 2.33. The molecule has 3 nitrogen and oxygen atoms in total. The maximum atomic E-state index is 6.02. The second kappa shape index (κ2) is 3.50. The zero-order chi connectivity index (χ0) is 9.26. The lowest BCUT2D eigenvalue weighted by Crippen LogP contribution is -2.23. The summed E-state index contributed by atoms with van der Waals surface area (Å²) in [5.74, 6) is 0.923. The van der Waals surface area contributed by atoms with Gasteiger partial charge in [0.1, 0.15) is 0 Å². The molecule has 0 saturated heterocycles. The van der Waals surface area contributed by atoms with Crippen LogP contribution < -0.4 is 5.73 Å². The van der Waals surface area contributed by atoms with Gasteiger partial charge in [0.05, 0.1) is 6.20 Å². The molecule has 0 radical (unpaired) electrons. The van der Waals surface area contributed by atoms with Crippen LogP contribution in [-0.4, -0.2) is 15.8 Å². The van der Waals surface area contributed by atoms with Gasteiger partial charge in [-0.15, -0.1) is 0 Å². The van der Waals surface area contributed by atoms with E-state index in [1.807, 2.05) is 24.1 Å². The Bertz CT molecular complexity index is 275. The molecule has 1 saturated carbocycles. The Kier molecular flexibility index (Phi) is 2.36. The third-order valence-electron chi connectivity index (χ3n) is 2.59. The van der Waals surface area contributed by atoms with Gasteiger partial charge in [0.2, 0.25) is 0 Å². The van der Waals surface area contributed by atoms with E-state index < -0.39 is 0 Å². The predicted octanol–water partition coefficient (Wildman–Crippen LogP) is 1.09. The van der Waals surface area contributed by atoms with E-state index in [4.69, 9.17) is 5.73 Å². The molecule has 72 valence electrons. The summed E-state index contributed by atoms with van der Waals surface area (Å²) in [4.78, 5) is 0. The van der Waals surface area contributed by atoms with Gasteiger partial charge >= 0.3 is 0 Å². The fourth-order valence-electron chi connectivity index (χ4n) is 1.75. The van der Waals surface area contributed by atoms with Crippen molar-refractivity contribution in [1.82, 2.24) is 9.78 Å². The van der Waals surface area contributed by atoms with Crippen LogP contribution >= 0.6 is 0 Å². The van der Waals surface area contributed by atoms with E-state index in [1.165, 1.54) is 24.8 Å². The van der Waals surface area contributed by atoms with Crippen LogP contribution in [-0.2, 0) is 13.5 Å². The second-order valence-corrected chi connectivity index (χ2v) is 4.17. The molecule has 1 aliphatic rings. The highest BCUT2D eigenvalue weighted by molar-refractivity contribution is 5.05. The summed E-state index contributed by atoms with van der Waals surface area (Å²) in [7, 11) is 1.94. The lowest BCUT2D eigenvalue weighted by Gasteiger charge is -2.08. The van der Waals surface area contributed by atoms with Gasteiger partial charge in [-0.2, -0.15) is 5.10 Å². The van der Waals surface area contributed by atoms with Gasteiger partial charge in [0, 0.05) is 19.3 Å². The Morgan fingerprint density at radius 1 is 1.69 bits per heavy atom. The number of aryl methyl sites for hydroxylation is 1. The van der Waals surface area contributed by atoms with Crippen LogP contribution in [0, 0.1) is 5.92 Å². The number of nitrogens with two attached hydrogens (primary N) is 1. The van der Waals surface area contributed by atoms with Gasteiger partial charge in [-0.25, -0.2) is 0 Å². The monoisotopic (exact) mass is 179 g/mol. The molecule has 2 N–H and O–H groups in total. The van der Waals surface area contributed by atoms with Crippen LogP contribution in [0.3, 0.4) is 0 Å². The Morgan fingerprint density at radius 2 is 2.46 bits per heavy atom. The molecule has 1 aromatic heterocycles. The fourth-order valence-corrected chi connectivity index (χ4v) is 1.75. The molecule has 0 aliphatic heterocycles. The van der Waals surface area contributed by atoms with E-state index in [0.717, 1.165) is 12.3 Å². The van der Waals surface area contributed by atoms with Crippen LogP contribution in [0.2, 0.25) is 0 Å². The third kappa shape index (κ3) is 2.56. The van der Waals surface area contributed by atoms with Crippen molar-refractivity contribution in [2.24, 2.45) is 18.7 Å². The van der Waals surface area contributed by atoms with Crippen molar-refractivity contribution in [2.75, 3.05) is 0 Å². The van der Waals surface area contributed by atoms with Crippen molar-refractivity contribution < 1.29 is 0 Å². The van der Waals surface area contributed by atoms with Crippen molar-refractivity contribution in [3.8, 4) is 0 Å². The van der Waals surface area contributed by atoms with Gasteiger partial charge < -0.3 is 5.73 Å². The number of aromatic nitrogens is 2. The molecule has 2 rings (SSSR count). The van der Waals surface area contributed by atoms with Gasteiger partial charge in [0.15, 0.2) is 0 Å². The van der Waals surface area contributed by atoms with Crippen LogP contribution in [0.4, 0.5) is 0 Å². The molecule has 0 spiro atoms. The first-order valence-corrected chi connectivity index (χ1v) is 4.97. The highest BCUT2D eigenvalue weighted by atomic mass is 15.2. The molecule has 0 aromatic carbocycles. The Balaban J connectivity index is 1.82. The normalized spacial score (nSPS) is 18.9. The van der Waals surface area contributed by atoms with Crippen molar-refractivity contribution >= 4 is 0 Å². The molecule has 1 fully saturated rings. The zero-order valence-corrected chi connectivity index (χ0v) is 8.11. The number of nitrogens with zero attached hydrogens (tertiary/aromatic N) is 2. The summed E-state index contributed by atoms with van der Waals surface area (Å²) >= 11 is 0. The van der Waals surface area contributed by atoms with E-state index in [9.17, 15) is 0 Å². The Morgan fingerprint density at radius 3 is 3.00 bits per heavy atom. The lowest BCUT2D eigenvalue weighted by atomic mass is 10.0. The first kappa shape index (κ1) is 8.75. The Hall–Kier alpha value is -0.830. The molecule has 13 heavy (non-hydrogen) atoms. The minimum atomic E-state index is 0.330. The van der Waals surface area contributed by atoms with Gasteiger partial charge in [-0.3, -0.25) is 4.68 Å².